The maximum atomic E-state index is 12.6. The summed E-state index contributed by atoms with van der Waals surface area (Å²) in [4.78, 5) is 37.4. The number of nitrogens with zero attached hydrogens (tertiary/aromatic N) is 1. The minimum Gasteiger partial charge on any atom is -0.756 e. The van der Waals surface area contributed by atoms with Gasteiger partial charge in [-0.2, -0.15) is 0 Å². The van der Waals surface area contributed by atoms with E-state index in [1.807, 2.05) is 21.1 Å². The van der Waals surface area contributed by atoms with Crippen molar-refractivity contribution in [1.29, 1.82) is 0 Å². The van der Waals surface area contributed by atoms with Gasteiger partial charge in [0.15, 0.2) is 6.10 Å². The van der Waals surface area contributed by atoms with Crippen molar-refractivity contribution in [2.45, 2.75) is 161 Å². The Hall–Kier alpha value is -2.29. The van der Waals surface area contributed by atoms with Gasteiger partial charge in [-0.3, -0.25) is 14.2 Å². The average Bonchev–Trinajstić information content (AvgIpc) is 3.12. The Morgan fingerprint density at radius 1 is 0.593 bits per heavy atom. The van der Waals surface area contributed by atoms with Crippen LogP contribution in [0.15, 0.2) is 60.8 Å². The number of likely N-dealkylation sites (N-methyl/N-ethyl adjacent to an activating group) is 1. The zero-order valence-corrected chi connectivity index (χ0v) is 35.8. The molecule has 0 heterocycles. The Morgan fingerprint density at radius 3 is 1.63 bits per heavy atom. The number of esters is 2. The van der Waals surface area contributed by atoms with Crippen LogP contribution in [0.1, 0.15) is 155 Å². The van der Waals surface area contributed by atoms with E-state index in [4.69, 9.17) is 18.5 Å². The molecule has 54 heavy (non-hydrogen) atoms. The summed E-state index contributed by atoms with van der Waals surface area (Å²) in [5, 5.41) is 0. The van der Waals surface area contributed by atoms with Gasteiger partial charge in [-0.25, -0.2) is 0 Å². The summed E-state index contributed by atoms with van der Waals surface area (Å²) in [5.41, 5.74) is 0. The molecule has 0 spiro atoms. The van der Waals surface area contributed by atoms with Gasteiger partial charge in [-0.1, -0.05) is 126 Å². The third-order valence-corrected chi connectivity index (χ3v) is 9.49. The number of hydrogen-bond donors (Lipinski definition) is 0. The van der Waals surface area contributed by atoms with Crippen molar-refractivity contribution in [1.82, 2.24) is 0 Å². The van der Waals surface area contributed by atoms with E-state index in [1.54, 1.807) is 0 Å². The molecule has 0 aliphatic rings. The van der Waals surface area contributed by atoms with E-state index in [0.717, 1.165) is 70.6 Å². The van der Waals surface area contributed by atoms with E-state index in [1.165, 1.54) is 44.9 Å². The van der Waals surface area contributed by atoms with E-state index in [9.17, 15) is 19.0 Å². The number of hydrogen-bond acceptors (Lipinski definition) is 8. The highest BCUT2D eigenvalue weighted by atomic mass is 31.2. The molecule has 0 aromatic rings. The molecule has 2 atom stereocenters. The number of allylic oxidation sites excluding steroid dienone is 10. The van der Waals surface area contributed by atoms with E-state index in [2.05, 4.69) is 74.6 Å². The minimum atomic E-state index is -4.64. The quantitative estimate of drug-likeness (QED) is 0.0201. The Labute approximate surface area is 330 Å². The SMILES string of the molecule is CC/C=C\C/C=C\C/C=C\C/C=C\CCCCC(=O)OC(COC(=O)CCCCCCC/C=C\CCCCCCCC)COP(=O)([O-])OCC[N+](C)(C)C. The number of phosphoric acid groups is 1. The van der Waals surface area contributed by atoms with Gasteiger partial charge < -0.3 is 27.9 Å². The van der Waals surface area contributed by atoms with E-state index in [-0.39, 0.29) is 26.1 Å². The second-order valence-electron chi connectivity index (χ2n) is 15.0. The molecule has 0 rings (SSSR count). The molecule has 10 heteroatoms. The third-order valence-electron chi connectivity index (χ3n) is 8.52. The van der Waals surface area contributed by atoms with Gasteiger partial charge in [0.05, 0.1) is 27.7 Å². The fourth-order valence-electron chi connectivity index (χ4n) is 5.23. The fourth-order valence-corrected chi connectivity index (χ4v) is 5.96. The van der Waals surface area contributed by atoms with Gasteiger partial charge in [0.1, 0.15) is 19.8 Å². The molecule has 0 bridgehead atoms. The third kappa shape index (κ3) is 39.4. The molecule has 0 aromatic heterocycles. The molecule has 0 saturated heterocycles. The first-order valence-corrected chi connectivity index (χ1v) is 22.5. The van der Waals surface area contributed by atoms with E-state index < -0.39 is 32.5 Å². The van der Waals surface area contributed by atoms with Gasteiger partial charge in [-0.15, -0.1) is 0 Å². The number of unbranched alkanes of at least 4 members (excludes halogenated alkanes) is 13. The largest absolute Gasteiger partial charge is 0.756 e. The van der Waals surface area contributed by atoms with E-state index in [0.29, 0.717) is 23.9 Å². The Bertz CT molecular complexity index is 1110. The number of rotatable bonds is 37. The summed E-state index contributed by atoms with van der Waals surface area (Å²) in [6.45, 7) is 4.03. The predicted molar refractivity (Wildman–Crippen MR) is 222 cm³/mol. The lowest BCUT2D eigenvalue weighted by Gasteiger charge is -2.28. The normalized spacial score (nSPS) is 14.3. The molecular formula is C44H78NO8P. The zero-order valence-electron chi connectivity index (χ0n) is 34.9. The van der Waals surface area contributed by atoms with Crippen LogP contribution in [-0.2, 0) is 32.7 Å². The molecule has 0 aliphatic heterocycles. The van der Waals surface area contributed by atoms with Gasteiger partial charge in [0, 0.05) is 12.8 Å². The number of carbonyl (C=O) groups is 2. The number of quaternary nitrogens is 1. The van der Waals surface area contributed by atoms with Crippen LogP contribution in [-0.4, -0.2) is 70.0 Å². The number of phosphoric ester groups is 1. The molecule has 0 radical (unpaired) electrons. The second-order valence-corrected chi connectivity index (χ2v) is 16.4. The van der Waals surface area contributed by atoms with Crippen molar-refractivity contribution in [3.63, 3.8) is 0 Å². The monoisotopic (exact) mass is 780 g/mol. The summed E-state index contributed by atoms with van der Waals surface area (Å²) in [5.74, 6) is -0.898. The lowest BCUT2D eigenvalue weighted by Crippen LogP contribution is -2.37. The predicted octanol–water partition coefficient (Wildman–Crippen LogP) is 11.1. The summed E-state index contributed by atoms with van der Waals surface area (Å²) >= 11 is 0. The molecule has 0 aliphatic carbocycles. The van der Waals surface area contributed by atoms with Crippen molar-refractivity contribution in [3.8, 4) is 0 Å². The first-order chi connectivity index (χ1) is 26.0. The molecule has 0 N–H and O–H groups in total. The Balaban J connectivity index is 4.48. The van der Waals surface area contributed by atoms with Gasteiger partial charge in [-0.05, 0) is 77.0 Å². The standard InChI is InChI=1S/C44H78NO8P/c1-6-8-10-12-14-16-18-20-22-24-26-28-30-32-34-36-43(46)50-40-42(41-52-54(48,49)51-39-38-45(3,4)5)53-44(47)37-35-33-31-29-27-25-23-21-19-17-15-13-11-9-7-2/h9,11,15,17,20-23,27,29,42H,6-8,10,12-14,16,18-19,24-26,28,30-41H2,1-5H3/b11-9-,17-15-,22-20-,23-21-,29-27-. The summed E-state index contributed by atoms with van der Waals surface area (Å²) in [6.07, 6.45) is 42.5. The van der Waals surface area contributed by atoms with Gasteiger partial charge in [0.2, 0.25) is 0 Å². The topological polar surface area (TPSA) is 111 Å². The molecule has 0 aromatic carbocycles. The lowest BCUT2D eigenvalue weighted by molar-refractivity contribution is -0.870. The maximum absolute atomic E-state index is 12.6. The second kappa shape index (κ2) is 36.4. The van der Waals surface area contributed by atoms with Gasteiger partial charge in [0.25, 0.3) is 7.82 Å². The van der Waals surface area contributed by atoms with Crippen molar-refractivity contribution in [2.75, 3.05) is 47.5 Å². The Kier molecular flexibility index (Phi) is 34.8. The van der Waals surface area contributed by atoms with Crippen LogP contribution in [0.3, 0.4) is 0 Å². The summed E-state index contributed by atoms with van der Waals surface area (Å²) < 4.78 is 33.8. The minimum absolute atomic E-state index is 0.0427. The first kappa shape index (κ1) is 51.7. The molecular weight excluding hydrogens is 701 g/mol. The van der Waals surface area contributed by atoms with Crippen LogP contribution in [0.5, 0.6) is 0 Å². The van der Waals surface area contributed by atoms with Crippen LogP contribution in [0.25, 0.3) is 0 Å². The number of ether oxygens (including phenoxy) is 2. The highest BCUT2D eigenvalue weighted by molar-refractivity contribution is 7.45. The molecule has 9 nitrogen and oxygen atoms in total. The molecule has 2 unspecified atom stereocenters. The van der Waals surface area contributed by atoms with Crippen LogP contribution in [0.2, 0.25) is 0 Å². The van der Waals surface area contributed by atoms with Crippen LogP contribution in [0, 0.1) is 0 Å². The van der Waals surface area contributed by atoms with Crippen molar-refractivity contribution in [2.24, 2.45) is 0 Å². The Morgan fingerprint density at radius 2 is 1.06 bits per heavy atom. The number of carbonyl (C=O) groups excluding carboxylic acids is 2. The van der Waals surface area contributed by atoms with Crippen LogP contribution in [0.4, 0.5) is 0 Å². The highest BCUT2D eigenvalue weighted by Gasteiger charge is 2.21. The van der Waals surface area contributed by atoms with Crippen LogP contribution >= 0.6 is 7.82 Å². The van der Waals surface area contributed by atoms with Crippen LogP contribution < -0.4 is 4.89 Å². The van der Waals surface area contributed by atoms with Crippen molar-refractivity contribution in [3.05, 3.63) is 60.8 Å². The average molecular weight is 780 g/mol. The maximum Gasteiger partial charge on any atom is 0.306 e. The lowest BCUT2D eigenvalue weighted by atomic mass is 10.1. The first-order valence-electron chi connectivity index (χ1n) is 21.0. The zero-order chi connectivity index (χ0) is 40.0. The van der Waals surface area contributed by atoms with Crippen molar-refractivity contribution >= 4 is 19.8 Å². The summed E-state index contributed by atoms with van der Waals surface area (Å²) in [6, 6.07) is 0. The molecule has 0 saturated carbocycles. The molecule has 0 fully saturated rings. The molecule has 312 valence electrons. The fraction of sp³-hybridized carbons (Fsp3) is 0.727. The van der Waals surface area contributed by atoms with Crippen molar-refractivity contribution < 1.29 is 42.1 Å². The summed E-state index contributed by atoms with van der Waals surface area (Å²) in [7, 11) is 1.12. The highest BCUT2D eigenvalue weighted by Crippen LogP contribution is 2.38. The molecule has 0 amide bonds. The van der Waals surface area contributed by atoms with E-state index >= 15 is 0 Å². The van der Waals surface area contributed by atoms with Gasteiger partial charge >= 0.3 is 11.9 Å². The smallest absolute Gasteiger partial charge is 0.306 e.